The van der Waals surface area contributed by atoms with E-state index in [9.17, 15) is 14.0 Å². The molecule has 0 fully saturated rings. The van der Waals surface area contributed by atoms with Crippen LogP contribution in [0.2, 0.25) is 0 Å². The molecule has 1 atom stereocenters. The molecule has 2 aromatic carbocycles. The quantitative estimate of drug-likeness (QED) is 0.372. The second kappa shape index (κ2) is 11.8. The fourth-order valence-electron chi connectivity index (χ4n) is 3.43. The fourth-order valence-corrected chi connectivity index (χ4v) is 4.18. The number of aromatic nitrogens is 3. The zero-order chi connectivity index (χ0) is 25.5. The van der Waals surface area contributed by atoms with Crippen molar-refractivity contribution in [2.45, 2.75) is 52.4 Å². The largest absolute Gasteiger partial charge is 0.480 e. The molecule has 0 saturated heterocycles. The van der Waals surface area contributed by atoms with Crippen LogP contribution in [0.5, 0.6) is 5.75 Å². The first kappa shape index (κ1) is 26.2. The van der Waals surface area contributed by atoms with Crippen LogP contribution in [0.15, 0.2) is 47.6 Å². The van der Waals surface area contributed by atoms with Gasteiger partial charge in [-0.15, -0.1) is 10.2 Å². The second-order valence-electron chi connectivity index (χ2n) is 8.58. The van der Waals surface area contributed by atoms with Crippen LogP contribution >= 0.6 is 11.8 Å². The summed E-state index contributed by atoms with van der Waals surface area (Å²) in [5.74, 6) is 0.342. The lowest BCUT2D eigenvalue weighted by Gasteiger charge is -2.18. The number of hydrogen-bond donors (Lipinski definition) is 2. The van der Waals surface area contributed by atoms with E-state index >= 15 is 0 Å². The van der Waals surface area contributed by atoms with Crippen molar-refractivity contribution in [2.24, 2.45) is 5.92 Å². The first-order chi connectivity index (χ1) is 16.6. The summed E-state index contributed by atoms with van der Waals surface area (Å²) in [5, 5.41) is 14.7. The Labute approximate surface area is 208 Å². The Morgan fingerprint density at radius 2 is 1.86 bits per heavy atom. The monoisotopic (exact) mass is 499 g/mol. The molecule has 3 rings (SSSR count). The summed E-state index contributed by atoms with van der Waals surface area (Å²) in [4.78, 5) is 23.9. The number of para-hydroxylation sites is 1. The van der Waals surface area contributed by atoms with Gasteiger partial charge in [-0.25, -0.2) is 4.39 Å². The summed E-state index contributed by atoms with van der Waals surface area (Å²) < 4.78 is 21.8. The first-order valence-electron chi connectivity index (χ1n) is 11.3. The number of hydrogen-bond acceptors (Lipinski definition) is 6. The average molecular weight is 500 g/mol. The number of rotatable bonds is 10. The third kappa shape index (κ3) is 7.29. The lowest BCUT2D eigenvalue weighted by molar-refractivity contribution is -0.114. The third-order valence-electron chi connectivity index (χ3n) is 4.95. The van der Waals surface area contributed by atoms with E-state index in [4.69, 9.17) is 4.74 Å². The van der Waals surface area contributed by atoms with Crippen LogP contribution in [0.1, 0.15) is 45.2 Å². The maximum Gasteiger partial charge on any atom is 0.234 e. The van der Waals surface area contributed by atoms with Crippen LogP contribution in [-0.2, 0) is 16.1 Å². The van der Waals surface area contributed by atoms with Gasteiger partial charge in [-0.3, -0.25) is 9.59 Å². The predicted molar refractivity (Wildman–Crippen MR) is 135 cm³/mol. The molecule has 2 amide bonds. The van der Waals surface area contributed by atoms with E-state index < -0.39 is 11.9 Å². The van der Waals surface area contributed by atoms with E-state index in [2.05, 4.69) is 34.7 Å². The van der Waals surface area contributed by atoms with Gasteiger partial charge in [-0.05, 0) is 55.7 Å². The SMILES string of the molecule is CC(=O)Nc1ccc(NC(=O)CSc2nnc(C(C)Oc3ccccc3F)n2CC(C)C)cc1C. The van der Waals surface area contributed by atoms with Crippen molar-refractivity contribution >= 4 is 35.0 Å². The molecule has 2 N–H and O–H groups in total. The van der Waals surface area contributed by atoms with Crippen LogP contribution in [-0.4, -0.2) is 32.3 Å². The number of carbonyl (C=O) groups excluding carboxylic acids is 2. The van der Waals surface area contributed by atoms with E-state index in [0.717, 1.165) is 5.56 Å². The summed E-state index contributed by atoms with van der Waals surface area (Å²) >= 11 is 1.27. The van der Waals surface area contributed by atoms with Crippen LogP contribution in [0.3, 0.4) is 0 Å². The molecule has 0 bridgehead atoms. The second-order valence-corrected chi connectivity index (χ2v) is 9.53. The Balaban J connectivity index is 1.68. The van der Waals surface area contributed by atoms with Gasteiger partial charge in [0.1, 0.15) is 0 Å². The minimum absolute atomic E-state index is 0.130. The van der Waals surface area contributed by atoms with Gasteiger partial charge in [0.15, 0.2) is 28.7 Å². The topological polar surface area (TPSA) is 98.1 Å². The molecule has 0 aliphatic carbocycles. The molecule has 1 aromatic heterocycles. The number of nitrogens with one attached hydrogen (secondary N) is 2. The Morgan fingerprint density at radius 3 is 2.51 bits per heavy atom. The average Bonchev–Trinajstić information content (AvgIpc) is 3.17. The molecule has 0 saturated carbocycles. The van der Waals surface area contributed by atoms with Gasteiger partial charge in [0.2, 0.25) is 11.8 Å². The molecule has 10 heteroatoms. The van der Waals surface area contributed by atoms with Crippen molar-refractivity contribution in [3.8, 4) is 5.75 Å². The number of benzene rings is 2. The van der Waals surface area contributed by atoms with Gasteiger partial charge in [0.05, 0.1) is 5.75 Å². The molecular weight excluding hydrogens is 469 g/mol. The molecule has 35 heavy (non-hydrogen) atoms. The molecule has 8 nitrogen and oxygen atoms in total. The number of amides is 2. The maximum absolute atomic E-state index is 14.0. The Hall–Kier alpha value is -3.40. The van der Waals surface area contributed by atoms with Crippen LogP contribution in [0.4, 0.5) is 15.8 Å². The number of thioether (sulfide) groups is 1. The summed E-state index contributed by atoms with van der Waals surface area (Å²) in [5.41, 5.74) is 2.18. The minimum Gasteiger partial charge on any atom is -0.480 e. The van der Waals surface area contributed by atoms with Gasteiger partial charge < -0.3 is 19.9 Å². The highest BCUT2D eigenvalue weighted by Gasteiger charge is 2.22. The van der Waals surface area contributed by atoms with E-state index in [1.165, 1.54) is 24.8 Å². The fraction of sp³-hybridized carbons (Fsp3) is 0.360. The lowest BCUT2D eigenvalue weighted by atomic mass is 10.1. The first-order valence-corrected chi connectivity index (χ1v) is 12.3. The van der Waals surface area contributed by atoms with Crippen molar-refractivity contribution in [3.05, 3.63) is 59.7 Å². The van der Waals surface area contributed by atoms with Gasteiger partial charge in [0.25, 0.3) is 0 Å². The van der Waals surface area contributed by atoms with Crippen molar-refractivity contribution < 1.29 is 18.7 Å². The van der Waals surface area contributed by atoms with Crippen LogP contribution < -0.4 is 15.4 Å². The highest BCUT2D eigenvalue weighted by Crippen LogP contribution is 2.27. The molecule has 1 heterocycles. The third-order valence-corrected chi connectivity index (χ3v) is 5.92. The molecular formula is C25H30FN5O3S. The Kier molecular flexibility index (Phi) is 8.86. The normalized spacial score (nSPS) is 11.9. The highest BCUT2D eigenvalue weighted by atomic mass is 32.2. The van der Waals surface area contributed by atoms with Crippen LogP contribution in [0.25, 0.3) is 0 Å². The zero-order valence-electron chi connectivity index (χ0n) is 20.5. The number of nitrogens with zero attached hydrogens (tertiary/aromatic N) is 3. The molecule has 3 aromatic rings. The summed E-state index contributed by atoms with van der Waals surface area (Å²) in [6, 6.07) is 11.5. The van der Waals surface area contributed by atoms with Crippen molar-refractivity contribution in [1.82, 2.24) is 14.8 Å². The zero-order valence-corrected chi connectivity index (χ0v) is 21.3. The number of anilines is 2. The Bertz CT molecular complexity index is 1200. The van der Waals surface area contributed by atoms with Crippen molar-refractivity contribution in [3.63, 3.8) is 0 Å². The molecule has 0 radical (unpaired) electrons. The predicted octanol–water partition coefficient (Wildman–Crippen LogP) is 5.21. The molecule has 0 aliphatic heterocycles. The number of ether oxygens (including phenoxy) is 1. The van der Waals surface area contributed by atoms with E-state index in [1.807, 2.05) is 11.5 Å². The van der Waals surface area contributed by atoms with Gasteiger partial charge in [0, 0.05) is 24.8 Å². The Morgan fingerprint density at radius 1 is 1.11 bits per heavy atom. The molecule has 186 valence electrons. The minimum atomic E-state index is -0.536. The number of carbonyl (C=O) groups is 2. The van der Waals surface area contributed by atoms with Crippen molar-refractivity contribution in [2.75, 3.05) is 16.4 Å². The summed E-state index contributed by atoms with van der Waals surface area (Å²) in [6.45, 7) is 9.86. The van der Waals surface area contributed by atoms with Gasteiger partial charge >= 0.3 is 0 Å². The van der Waals surface area contributed by atoms with Gasteiger partial charge in [-0.2, -0.15) is 0 Å². The van der Waals surface area contributed by atoms with Crippen molar-refractivity contribution in [1.29, 1.82) is 0 Å². The molecule has 0 aliphatic rings. The highest BCUT2D eigenvalue weighted by molar-refractivity contribution is 7.99. The van der Waals surface area contributed by atoms with E-state index in [-0.39, 0.29) is 23.3 Å². The van der Waals surface area contributed by atoms with E-state index in [0.29, 0.717) is 34.8 Å². The maximum atomic E-state index is 14.0. The molecule has 0 spiro atoms. The summed E-state index contributed by atoms with van der Waals surface area (Å²) in [6.07, 6.45) is -0.536. The van der Waals surface area contributed by atoms with E-state index in [1.54, 1.807) is 43.3 Å². The standard InChI is InChI=1S/C25H30FN5O3S/c1-15(2)13-31-24(17(4)34-22-9-7-6-8-20(22)26)29-30-25(31)35-14-23(33)28-19-10-11-21(16(3)12-19)27-18(5)32/h6-12,15,17H,13-14H2,1-5H3,(H,27,32)(H,28,33). The number of halogens is 1. The summed E-state index contributed by atoms with van der Waals surface area (Å²) in [7, 11) is 0. The molecule has 1 unspecified atom stereocenters. The lowest BCUT2D eigenvalue weighted by Crippen LogP contribution is -2.17. The van der Waals surface area contributed by atoms with Gasteiger partial charge in [-0.1, -0.05) is 37.7 Å². The van der Waals surface area contributed by atoms with Crippen LogP contribution in [0, 0.1) is 18.7 Å². The smallest absolute Gasteiger partial charge is 0.234 e. The number of aryl methyl sites for hydroxylation is 1.